The second-order valence-electron chi connectivity index (χ2n) is 8.47. The molecule has 0 N–H and O–H groups in total. The standard InChI is InChI=1S/C24H26N2O5/c1-15(2)12-20(26-22(27)18-10-6-7-11-19(18)23(26)28)24(29)31-14-17-13-30-21(25-17)16-8-4-3-5-9-16/h3-9,13,15,18-20H,10-12,14H2,1-2H3. The van der Waals surface area contributed by atoms with E-state index in [2.05, 4.69) is 4.98 Å². The van der Waals surface area contributed by atoms with E-state index in [-0.39, 0.29) is 36.2 Å². The summed E-state index contributed by atoms with van der Waals surface area (Å²) in [6.07, 6.45) is 6.74. The van der Waals surface area contributed by atoms with Gasteiger partial charge in [0.05, 0.1) is 11.8 Å². The lowest BCUT2D eigenvalue weighted by Gasteiger charge is -2.26. The maximum absolute atomic E-state index is 13.0. The fourth-order valence-electron chi connectivity index (χ4n) is 4.21. The molecule has 0 bridgehead atoms. The minimum Gasteiger partial charge on any atom is -0.457 e. The van der Waals surface area contributed by atoms with Crippen molar-refractivity contribution in [1.29, 1.82) is 0 Å². The van der Waals surface area contributed by atoms with E-state index in [0.29, 0.717) is 30.8 Å². The van der Waals surface area contributed by atoms with Crippen molar-refractivity contribution in [3.05, 3.63) is 54.4 Å². The highest BCUT2D eigenvalue weighted by atomic mass is 16.5. The van der Waals surface area contributed by atoms with Crippen LogP contribution in [-0.4, -0.2) is 33.7 Å². The summed E-state index contributed by atoms with van der Waals surface area (Å²) in [4.78, 5) is 44.4. The minimum atomic E-state index is -0.925. The number of hydrogen-bond donors (Lipinski definition) is 0. The van der Waals surface area contributed by atoms with E-state index in [1.807, 2.05) is 56.3 Å². The number of likely N-dealkylation sites (tertiary alicyclic amines) is 1. The molecule has 2 aliphatic rings. The van der Waals surface area contributed by atoms with Crippen LogP contribution in [0.2, 0.25) is 0 Å². The number of hydrogen-bond acceptors (Lipinski definition) is 6. The fraction of sp³-hybridized carbons (Fsp3) is 0.417. The van der Waals surface area contributed by atoms with Crippen LogP contribution >= 0.6 is 0 Å². The summed E-state index contributed by atoms with van der Waals surface area (Å²) in [5, 5.41) is 0. The smallest absolute Gasteiger partial charge is 0.329 e. The van der Waals surface area contributed by atoms with E-state index in [9.17, 15) is 14.4 Å². The molecule has 7 nitrogen and oxygen atoms in total. The number of carbonyl (C=O) groups excluding carboxylic acids is 3. The predicted octanol–water partition coefficient (Wildman–Crippen LogP) is 3.75. The number of oxazole rings is 1. The van der Waals surface area contributed by atoms with Crippen molar-refractivity contribution in [3.8, 4) is 11.5 Å². The molecule has 1 saturated heterocycles. The first-order valence-electron chi connectivity index (χ1n) is 10.6. The minimum absolute atomic E-state index is 0.0889. The number of esters is 1. The molecular formula is C24H26N2O5. The summed E-state index contributed by atoms with van der Waals surface area (Å²) in [6.45, 7) is 3.81. The van der Waals surface area contributed by atoms with Gasteiger partial charge in [-0.2, -0.15) is 0 Å². The van der Waals surface area contributed by atoms with Gasteiger partial charge in [-0.3, -0.25) is 14.5 Å². The van der Waals surface area contributed by atoms with E-state index < -0.39 is 12.0 Å². The van der Waals surface area contributed by atoms with Crippen LogP contribution in [0.5, 0.6) is 0 Å². The molecule has 31 heavy (non-hydrogen) atoms. The molecule has 1 aromatic heterocycles. The van der Waals surface area contributed by atoms with Crippen LogP contribution in [0.3, 0.4) is 0 Å². The van der Waals surface area contributed by atoms with Gasteiger partial charge in [0.1, 0.15) is 24.6 Å². The molecule has 162 valence electrons. The van der Waals surface area contributed by atoms with Gasteiger partial charge in [0.15, 0.2) is 0 Å². The van der Waals surface area contributed by atoms with Crippen LogP contribution in [0.25, 0.3) is 11.5 Å². The summed E-state index contributed by atoms with van der Waals surface area (Å²) >= 11 is 0. The SMILES string of the molecule is CC(C)CC(C(=O)OCc1coc(-c2ccccc2)n1)N1C(=O)C2CC=CCC2C1=O. The first kappa shape index (κ1) is 21.0. The van der Waals surface area contributed by atoms with Crippen molar-refractivity contribution < 1.29 is 23.5 Å². The van der Waals surface area contributed by atoms with Gasteiger partial charge in [-0.25, -0.2) is 9.78 Å². The second-order valence-corrected chi connectivity index (χ2v) is 8.47. The number of fused-ring (bicyclic) bond motifs is 1. The third-order valence-electron chi connectivity index (χ3n) is 5.75. The zero-order valence-electron chi connectivity index (χ0n) is 17.7. The number of benzene rings is 1. The normalized spacial score (nSPS) is 21.5. The van der Waals surface area contributed by atoms with Gasteiger partial charge in [-0.15, -0.1) is 0 Å². The van der Waals surface area contributed by atoms with Gasteiger partial charge in [-0.05, 0) is 37.3 Å². The Morgan fingerprint density at radius 2 is 1.77 bits per heavy atom. The van der Waals surface area contributed by atoms with Crippen LogP contribution in [0.4, 0.5) is 0 Å². The highest BCUT2D eigenvalue weighted by molar-refractivity contribution is 6.08. The molecule has 3 unspecified atom stereocenters. The molecule has 4 rings (SSSR count). The van der Waals surface area contributed by atoms with Crippen molar-refractivity contribution in [2.24, 2.45) is 17.8 Å². The van der Waals surface area contributed by atoms with Crippen LogP contribution in [-0.2, 0) is 25.7 Å². The monoisotopic (exact) mass is 422 g/mol. The van der Waals surface area contributed by atoms with Gasteiger partial charge in [0.25, 0.3) is 0 Å². The predicted molar refractivity (Wildman–Crippen MR) is 112 cm³/mol. The van der Waals surface area contributed by atoms with Crippen molar-refractivity contribution in [2.75, 3.05) is 0 Å². The Labute approximate surface area is 181 Å². The zero-order chi connectivity index (χ0) is 22.0. The number of aromatic nitrogens is 1. The van der Waals surface area contributed by atoms with Crippen LogP contribution < -0.4 is 0 Å². The largest absolute Gasteiger partial charge is 0.457 e. The lowest BCUT2D eigenvalue weighted by Crippen LogP contribution is -2.47. The molecular weight excluding hydrogens is 396 g/mol. The van der Waals surface area contributed by atoms with Gasteiger partial charge in [-0.1, -0.05) is 44.2 Å². The molecule has 0 spiro atoms. The quantitative estimate of drug-likeness (QED) is 0.384. The molecule has 2 heterocycles. The third-order valence-corrected chi connectivity index (χ3v) is 5.75. The van der Waals surface area contributed by atoms with Gasteiger partial charge >= 0.3 is 5.97 Å². The van der Waals surface area contributed by atoms with Crippen LogP contribution in [0.1, 0.15) is 38.8 Å². The van der Waals surface area contributed by atoms with E-state index >= 15 is 0 Å². The number of ether oxygens (including phenoxy) is 1. The highest BCUT2D eigenvalue weighted by Gasteiger charge is 2.51. The molecule has 2 amide bonds. The highest BCUT2D eigenvalue weighted by Crippen LogP contribution is 2.37. The summed E-state index contributed by atoms with van der Waals surface area (Å²) in [7, 11) is 0. The molecule has 1 aromatic carbocycles. The second kappa shape index (κ2) is 8.88. The maximum Gasteiger partial charge on any atom is 0.329 e. The average molecular weight is 422 g/mol. The molecule has 1 fully saturated rings. The fourth-order valence-corrected chi connectivity index (χ4v) is 4.21. The molecule has 0 radical (unpaired) electrons. The van der Waals surface area contributed by atoms with E-state index in [4.69, 9.17) is 9.15 Å². The van der Waals surface area contributed by atoms with E-state index in [0.717, 1.165) is 10.5 Å². The Morgan fingerprint density at radius 1 is 1.13 bits per heavy atom. The van der Waals surface area contributed by atoms with E-state index in [1.54, 1.807) is 0 Å². The summed E-state index contributed by atoms with van der Waals surface area (Å²) in [5.41, 5.74) is 1.29. The van der Waals surface area contributed by atoms with Crippen LogP contribution in [0, 0.1) is 17.8 Å². The molecule has 1 aliphatic carbocycles. The number of allylic oxidation sites excluding steroid dienone is 2. The molecule has 0 saturated carbocycles. The van der Waals surface area contributed by atoms with Crippen molar-refractivity contribution in [2.45, 2.75) is 45.8 Å². The first-order valence-corrected chi connectivity index (χ1v) is 10.6. The zero-order valence-corrected chi connectivity index (χ0v) is 17.7. The molecule has 3 atom stereocenters. The van der Waals surface area contributed by atoms with Gasteiger partial charge < -0.3 is 9.15 Å². The van der Waals surface area contributed by atoms with E-state index in [1.165, 1.54) is 6.26 Å². The summed E-state index contributed by atoms with van der Waals surface area (Å²) in [6, 6.07) is 8.49. The Bertz CT molecular complexity index is 968. The topological polar surface area (TPSA) is 89.7 Å². The lowest BCUT2D eigenvalue weighted by molar-refractivity contribution is -0.160. The molecule has 7 heteroatoms. The Balaban J connectivity index is 1.46. The molecule has 1 aliphatic heterocycles. The lowest BCUT2D eigenvalue weighted by atomic mass is 9.85. The number of rotatable bonds is 7. The third kappa shape index (κ3) is 4.31. The number of nitrogens with zero attached hydrogens (tertiary/aromatic N) is 2. The van der Waals surface area contributed by atoms with Crippen LogP contribution in [0.15, 0.2) is 53.2 Å². The first-order chi connectivity index (χ1) is 15.0. The van der Waals surface area contributed by atoms with Crippen molar-refractivity contribution >= 4 is 17.8 Å². The van der Waals surface area contributed by atoms with Crippen molar-refractivity contribution in [3.63, 3.8) is 0 Å². The summed E-state index contributed by atoms with van der Waals surface area (Å²) < 4.78 is 11.0. The Hall–Kier alpha value is -3.22. The number of amides is 2. The Morgan fingerprint density at radius 3 is 2.39 bits per heavy atom. The van der Waals surface area contributed by atoms with Crippen molar-refractivity contribution in [1.82, 2.24) is 9.88 Å². The average Bonchev–Trinajstić information content (AvgIpc) is 3.35. The van der Waals surface area contributed by atoms with Gasteiger partial charge in [0.2, 0.25) is 17.7 Å². The summed E-state index contributed by atoms with van der Waals surface area (Å²) in [5.74, 6) is -1.33. The maximum atomic E-state index is 13.0. The van der Waals surface area contributed by atoms with Gasteiger partial charge in [0, 0.05) is 5.56 Å². The number of carbonyl (C=O) groups is 3. The Kier molecular flexibility index (Phi) is 6.02. The molecule has 2 aromatic rings. The number of imide groups is 1.